The number of hydrogen-bond acceptors (Lipinski definition) is 2. The van der Waals surface area contributed by atoms with Gasteiger partial charge >= 0.3 is 0 Å². The van der Waals surface area contributed by atoms with Gasteiger partial charge in [-0.1, -0.05) is 19.8 Å². The highest BCUT2D eigenvalue weighted by Crippen LogP contribution is 2.22. The van der Waals surface area contributed by atoms with Crippen molar-refractivity contribution < 1.29 is 4.79 Å². The summed E-state index contributed by atoms with van der Waals surface area (Å²) in [6, 6.07) is -0.0119. The first-order chi connectivity index (χ1) is 7.63. The highest BCUT2D eigenvalue weighted by atomic mass is 16.2. The summed E-state index contributed by atoms with van der Waals surface area (Å²) in [5, 5.41) is 0. The van der Waals surface area contributed by atoms with Crippen LogP contribution in [-0.4, -0.2) is 29.9 Å². The number of likely N-dealkylation sites (tertiary alicyclic amines) is 1. The van der Waals surface area contributed by atoms with Gasteiger partial charge in [-0.25, -0.2) is 0 Å². The minimum Gasteiger partial charge on any atom is -0.343 e. The number of nitrogens with two attached hydrogens (primary N) is 1. The number of rotatable bonds is 4. The van der Waals surface area contributed by atoms with E-state index in [1.807, 2.05) is 11.8 Å². The normalized spacial score (nSPS) is 23.9. The van der Waals surface area contributed by atoms with Crippen molar-refractivity contribution in [1.82, 2.24) is 4.90 Å². The second kappa shape index (κ2) is 6.89. The van der Waals surface area contributed by atoms with Crippen LogP contribution in [0.4, 0.5) is 0 Å². The Morgan fingerprint density at radius 3 is 2.81 bits per heavy atom. The summed E-state index contributed by atoms with van der Waals surface area (Å²) in [6.07, 6.45) is 6.70. The van der Waals surface area contributed by atoms with E-state index in [9.17, 15) is 4.79 Å². The van der Waals surface area contributed by atoms with Crippen LogP contribution in [0, 0.1) is 5.92 Å². The van der Waals surface area contributed by atoms with Crippen LogP contribution in [0.3, 0.4) is 0 Å². The molecule has 0 saturated carbocycles. The average Bonchev–Trinajstić information content (AvgIpc) is 2.43. The molecule has 0 spiro atoms. The van der Waals surface area contributed by atoms with Gasteiger partial charge in [0.2, 0.25) is 5.91 Å². The first-order valence-electron chi connectivity index (χ1n) is 6.66. The Hall–Kier alpha value is -0.570. The van der Waals surface area contributed by atoms with Gasteiger partial charge in [-0.15, -0.1) is 0 Å². The van der Waals surface area contributed by atoms with Gasteiger partial charge in [-0.2, -0.15) is 0 Å². The molecule has 94 valence electrons. The summed E-state index contributed by atoms with van der Waals surface area (Å²) in [5.41, 5.74) is 5.67. The monoisotopic (exact) mass is 226 g/mol. The Morgan fingerprint density at radius 2 is 2.19 bits per heavy atom. The topological polar surface area (TPSA) is 46.3 Å². The molecule has 3 nitrogen and oxygen atoms in total. The molecule has 0 aromatic heterocycles. The fourth-order valence-electron chi connectivity index (χ4n) is 2.52. The Morgan fingerprint density at radius 1 is 1.44 bits per heavy atom. The molecule has 16 heavy (non-hydrogen) atoms. The van der Waals surface area contributed by atoms with Crippen molar-refractivity contribution >= 4 is 5.91 Å². The molecular weight excluding hydrogens is 200 g/mol. The maximum Gasteiger partial charge on any atom is 0.224 e. The number of nitrogens with zero attached hydrogens (tertiary/aromatic N) is 1. The zero-order chi connectivity index (χ0) is 12.0. The molecule has 1 saturated heterocycles. The number of carbonyl (C=O) groups is 1. The van der Waals surface area contributed by atoms with E-state index in [2.05, 4.69) is 6.92 Å². The van der Waals surface area contributed by atoms with E-state index in [0.717, 1.165) is 25.4 Å². The molecule has 0 aromatic carbocycles. The maximum atomic E-state index is 11.9. The molecule has 1 aliphatic rings. The lowest BCUT2D eigenvalue weighted by molar-refractivity contribution is -0.131. The van der Waals surface area contributed by atoms with E-state index < -0.39 is 0 Å². The van der Waals surface area contributed by atoms with E-state index >= 15 is 0 Å². The summed E-state index contributed by atoms with van der Waals surface area (Å²) in [4.78, 5) is 13.9. The third-order valence-corrected chi connectivity index (χ3v) is 3.39. The molecule has 2 unspecified atom stereocenters. The first-order valence-corrected chi connectivity index (χ1v) is 6.66. The van der Waals surface area contributed by atoms with Crippen LogP contribution >= 0.6 is 0 Å². The third-order valence-electron chi connectivity index (χ3n) is 3.39. The lowest BCUT2D eigenvalue weighted by Gasteiger charge is -2.21. The first kappa shape index (κ1) is 13.5. The van der Waals surface area contributed by atoms with Crippen molar-refractivity contribution in [3.8, 4) is 0 Å². The van der Waals surface area contributed by atoms with Crippen LogP contribution in [0.2, 0.25) is 0 Å². The number of hydrogen-bond donors (Lipinski definition) is 1. The minimum atomic E-state index is -0.0119. The Kier molecular flexibility index (Phi) is 5.81. The second-order valence-corrected chi connectivity index (χ2v) is 5.15. The quantitative estimate of drug-likeness (QED) is 0.798. The predicted molar refractivity (Wildman–Crippen MR) is 67.1 cm³/mol. The van der Waals surface area contributed by atoms with Crippen LogP contribution in [0.5, 0.6) is 0 Å². The van der Waals surface area contributed by atoms with E-state index in [0.29, 0.717) is 6.42 Å². The van der Waals surface area contributed by atoms with E-state index in [1.165, 1.54) is 25.7 Å². The van der Waals surface area contributed by atoms with Gasteiger partial charge in [0.15, 0.2) is 0 Å². The lowest BCUT2D eigenvalue weighted by atomic mass is 9.96. The van der Waals surface area contributed by atoms with Crippen LogP contribution in [0.25, 0.3) is 0 Å². The molecule has 0 bridgehead atoms. The summed E-state index contributed by atoms with van der Waals surface area (Å²) in [7, 11) is 0. The Labute approximate surface area is 99.4 Å². The SMILES string of the molecule is CCCC1CCCN(C(=O)CC(C)N)CC1. The summed E-state index contributed by atoms with van der Waals surface area (Å²) in [6.45, 7) is 6.02. The standard InChI is InChI=1S/C13H26N2O/c1-3-5-12-6-4-8-15(9-7-12)13(16)10-11(2)14/h11-12H,3-10,14H2,1-2H3. The van der Waals surface area contributed by atoms with Crippen molar-refractivity contribution in [1.29, 1.82) is 0 Å². The Bertz CT molecular complexity index is 216. The van der Waals surface area contributed by atoms with Gasteiger partial charge < -0.3 is 10.6 Å². The molecule has 2 N–H and O–H groups in total. The van der Waals surface area contributed by atoms with Crippen LogP contribution in [0.1, 0.15) is 52.4 Å². The van der Waals surface area contributed by atoms with Gasteiger partial charge in [-0.05, 0) is 32.1 Å². The lowest BCUT2D eigenvalue weighted by Crippen LogP contribution is -2.35. The smallest absolute Gasteiger partial charge is 0.224 e. The van der Waals surface area contributed by atoms with Gasteiger partial charge in [-0.3, -0.25) is 4.79 Å². The second-order valence-electron chi connectivity index (χ2n) is 5.15. The van der Waals surface area contributed by atoms with Gasteiger partial charge in [0, 0.05) is 25.6 Å². The fourth-order valence-corrected chi connectivity index (χ4v) is 2.52. The molecule has 2 atom stereocenters. The third kappa shape index (κ3) is 4.52. The minimum absolute atomic E-state index is 0.0119. The van der Waals surface area contributed by atoms with Gasteiger partial charge in [0.05, 0.1) is 0 Å². The van der Waals surface area contributed by atoms with Crippen molar-refractivity contribution in [2.75, 3.05) is 13.1 Å². The molecule has 1 heterocycles. The summed E-state index contributed by atoms with van der Waals surface area (Å²) >= 11 is 0. The highest BCUT2D eigenvalue weighted by molar-refractivity contribution is 5.76. The van der Waals surface area contributed by atoms with Gasteiger partial charge in [0.1, 0.15) is 0 Å². The number of carbonyl (C=O) groups excluding carboxylic acids is 1. The maximum absolute atomic E-state index is 11.9. The fraction of sp³-hybridized carbons (Fsp3) is 0.923. The molecule has 0 aliphatic carbocycles. The molecular formula is C13H26N2O. The van der Waals surface area contributed by atoms with E-state index in [1.54, 1.807) is 0 Å². The van der Waals surface area contributed by atoms with Crippen molar-refractivity contribution in [2.24, 2.45) is 11.7 Å². The zero-order valence-corrected chi connectivity index (χ0v) is 10.7. The largest absolute Gasteiger partial charge is 0.343 e. The van der Waals surface area contributed by atoms with Crippen LogP contribution < -0.4 is 5.73 Å². The highest BCUT2D eigenvalue weighted by Gasteiger charge is 2.20. The van der Waals surface area contributed by atoms with Crippen molar-refractivity contribution in [3.63, 3.8) is 0 Å². The molecule has 0 aromatic rings. The van der Waals surface area contributed by atoms with Crippen molar-refractivity contribution in [2.45, 2.75) is 58.4 Å². The molecule has 0 radical (unpaired) electrons. The Balaban J connectivity index is 2.37. The summed E-state index contributed by atoms with van der Waals surface area (Å²) < 4.78 is 0. The molecule has 1 fully saturated rings. The molecule has 1 amide bonds. The number of amides is 1. The molecule has 3 heteroatoms. The van der Waals surface area contributed by atoms with Gasteiger partial charge in [0.25, 0.3) is 0 Å². The average molecular weight is 226 g/mol. The van der Waals surface area contributed by atoms with Crippen LogP contribution in [-0.2, 0) is 4.79 Å². The predicted octanol–water partition coefficient (Wildman–Crippen LogP) is 2.15. The summed E-state index contributed by atoms with van der Waals surface area (Å²) in [5.74, 6) is 1.07. The molecule has 1 rings (SSSR count). The van der Waals surface area contributed by atoms with E-state index in [4.69, 9.17) is 5.73 Å². The van der Waals surface area contributed by atoms with E-state index in [-0.39, 0.29) is 11.9 Å². The van der Waals surface area contributed by atoms with Crippen LogP contribution in [0.15, 0.2) is 0 Å². The zero-order valence-electron chi connectivity index (χ0n) is 10.7. The van der Waals surface area contributed by atoms with Crippen molar-refractivity contribution in [3.05, 3.63) is 0 Å². The molecule has 1 aliphatic heterocycles.